The zero-order valence-corrected chi connectivity index (χ0v) is 48.1. The van der Waals surface area contributed by atoms with Crippen LogP contribution in [0.4, 0.5) is 0 Å². The molecule has 1 N–H and O–H groups in total. The van der Waals surface area contributed by atoms with Crippen molar-refractivity contribution in [1.82, 2.24) is 0 Å². The number of hydrogen-bond donors (Lipinski definition) is 1. The lowest BCUT2D eigenvalue weighted by molar-refractivity contribution is 0.306. The maximum atomic E-state index is 13.1. The largest absolute Gasteiger partial charge is 0.507 e. The molecule has 4 aromatic rings. The van der Waals surface area contributed by atoms with Crippen LogP contribution in [0.5, 0.6) is 23.0 Å². The number of rotatable bonds is 19. The Morgan fingerprint density at radius 2 is 0.746 bits per heavy atom. The molecule has 0 radical (unpaired) electrons. The van der Waals surface area contributed by atoms with E-state index in [2.05, 4.69) is 165 Å². The Bertz CT molecular complexity index is 2430. The summed E-state index contributed by atoms with van der Waals surface area (Å²) in [6.45, 7) is 38.3. The number of aromatic hydroxyl groups is 1. The van der Waals surface area contributed by atoms with Crippen molar-refractivity contribution in [3.8, 4) is 34.8 Å². The predicted octanol–water partition coefficient (Wildman–Crippen LogP) is 18.3. The predicted molar refractivity (Wildman–Crippen MR) is 304 cm³/mol. The molecule has 0 saturated carbocycles. The van der Waals surface area contributed by atoms with Crippen molar-refractivity contribution >= 4 is 0 Å². The second kappa shape index (κ2) is 25.5. The van der Waals surface area contributed by atoms with Crippen LogP contribution in [-0.2, 0) is 47.3 Å². The monoisotopic (exact) mass is 967 g/mol. The molecule has 0 atom stereocenters. The van der Waals surface area contributed by atoms with Crippen molar-refractivity contribution in [2.75, 3.05) is 19.8 Å². The fourth-order valence-electron chi connectivity index (χ4n) is 10.0. The molecule has 71 heavy (non-hydrogen) atoms. The Morgan fingerprint density at radius 1 is 0.408 bits per heavy atom. The van der Waals surface area contributed by atoms with Gasteiger partial charge in [-0.25, -0.2) is 0 Å². The molecule has 4 heteroatoms. The van der Waals surface area contributed by atoms with Crippen LogP contribution in [-0.4, -0.2) is 24.9 Å². The Balaban J connectivity index is 1.86. The second-order valence-corrected chi connectivity index (χ2v) is 25.1. The summed E-state index contributed by atoms with van der Waals surface area (Å²) in [6, 6.07) is 16.6. The molecule has 0 saturated heterocycles. The van der Waals surface area contributed by atoms with Gasteiger partial charge in [-0.2, -0.15) is 0 Å². The summed E-state index contributed by atoms with van der Waals surface area (Å²) in [4.78, 5) is 0. The van der Waals surface area contributed by atoms with Crippen LogP contribution in [0, 0.1) is 11.8 Å². The molecule has 5 rings (SSSR count). The van der Waals surface area contributed by atoms with Crippen molar-refractivity contribution in [2.45, 2.75) is 248 Å². The van der Waals surface area contributed by atoms with Gasteiger partial charge in [-0.05, 0) is 115 Å². The fourth-order valence-corrected chi connectivity index (χ4v) is 10.0. The van der Waals surface area contributed by atoms with Gasteiger partial charge in [-0.1, -0.05) is 217 Å². The van der Waals surface area contributed by atoms with Crippen molar-refractivity contribution in [3.63, 3.8) is 0 Å². The van der Waals surface area contributed by atoms with Gasteiger partial charge in [0.05, 0.1) is 19.8 Å². The molecule has 4 aromatic carbocycles. The van der Waals surface area contributed by atoms with E-state index < -0.39 is 0 Å². The van der Waals surface area contributed by atoms with Gasteiger partial charge in [0.2, 0.25) is 0 Å². The van der Waals surface area contributed by atoms with E-state index in [0.717, 1.165) is 88.3 Å². The van der Waals surface area contributed by atoms with Crippen molar-refractivity contribution in [1.29, 1.82) is 0 Å². The first-order chi connectivity index (χ1) is 33.5. The quantitative estimate of drug-likeness (QED) is 0.0662. The number of ether oxygens (including phenoxy) is 3. The molecule has 0 aliphatic heterocycles. The maximum absolute atomic E-state index is 13.1. The minimum absolute atomic E-state index is 0.108. The highest BCUT2D eigenvalue weighted by Gasteiger charge is 2.30. The van der Waals surface area contributed by atoms with E-state index in [1.807, 2.05) is 0 Å². The van der Waals surface area contributed by atoms with Crippen molar-refractivity contribution in [3.05, 3.63) is 115 Å². The topological polar surface area (TPSA) is 47.9 Å². The standard InChI is InChI=1S/C67H98O4/c1-17-21-22-23-24-25-26-27-28-29-30-31-32-57-58-45-53-44-56(66(11,12)13)43-52(63(53)71-35-20-4)38-51-42-55(65(8,9)10)41-50(62(51)70-34-19-3)37-49-40-54(64(5,6)7)39-48(61(49)69-33-18-2)36-47(60(58)68)46-59(57)67(14,15)16/h39-44,46,68H,17-30,33-38,45H2,1-16H3. The third kappa shape index (κ3) is 15.8. The van der Waals surface area contributed by atoms with Crippen LogP contribution >= 0.6 is 0 Å². The van der Waals surface area contributed by atoms with Crippen LogP contribution < -0.4 is 14.2 Å². The first-order valence-electron chi connectivity index (χ1n) is 28.3. The number of phenolic OH excluding ortho intramolecular Hbond substituents is 1. The third-order valence-corrected chi connectivity index (χ3v) is 14.3. The average Bonchev–Trinajstić information content (AvgIpc) is 3.28. The zero-order valence-electron chi connectivity index (χ0n) is 48.1. The SMILES string of the molecule is CCCCCCCCCCCCC#Cc1c(C(C)(C)C)cc2c(O)c1Cc1cc(C(C)(C)C)cc(c1OCCC)Cc1cc(C(C)(C)C)cc(c1OCCC)Cc1cc(C(C)(C)C)cc(c1OCCC)C2. The van der Waals surface area contributed by atoms with E-state index in [9.17, 15) is 5.11 Å². The van der Waals surface area contributed by atoms with Gasteiger partial charge in [0.15, 0.2) is 0 Å². The Morgan fingerprint density at radius 3 is 1.08 bits per heavy atom. The molecule has 8 bridgehead atoms. The molecule has 390 valence electrons. The summed E-state index contributed by atoms with van der Waals surface area (Å²) in [5.74, 6) is 10.6. The Labute approximate surface area is 434 Å². The molecule has 0 heterocycles. The molecular formula is C67H98O4. The summed E-state index contributed by atoms with van der Waals surface area (Å²) < 4.78 is 20.9. The number of phenols is 1. The first kappa shape index (κ1) is 57.5. The molecule has 1 aliphatic rings. The Kier molecular flexibility index (Phi) is 20.7. The van der Waals surface area contributed by atoms with E-state index >= 15 is 0 Å². The van der Waals surface area contributed by atoms with Gasteiger partial charge in [0.25, 0.3) is 0 Å². The van der Waals surface area contributed by atoms with Gasteiger partial charge in [-0.3, -0.25) is 0 Å². The molecular weight excluding hydrogens is 869 g/mol. The highest BCUT2D eigenvalue weighted by atomic mass is 16.5. The van der Waals surface area contributed by atoms with Crippen LogP contribution in [0.3, 0.4) is 0 Å². The van der Waals surface area contributed by atoms with Crippen molar-refractivity contribution in [2.24, 2.45) is 0 Å². The number of hydrogen-bond acceptors (Lipinski definition) is 4. The highest BCUT2D eigenvalue weighted by molar-refractivity contribution is 5.64. The highest BCUT2D eigenvalue weighted by Crippen LogP contribution is 2.45. The van der Waals surface area contributed by atoms with Crippen LogP contribution in [0.2, 0.25) is 0 Å². The lowest BCUT2D eigenvalue weighted by atomic mass is 9.77. The number of fused-ring (bicyclic) bond motifs is 8. The zero-order chi connectivity index (χ0) is 52.1. The van der Waals surface area contributed by atoms with Gasteiger partial charge in [0, 0.05) is 43.2 Å². The molecule has 0 unspecified atom stereocenters. The molecule has 0 fully saturated rings. The van der Waals surface area contributed by atoms with Crippen molar-refractivity contribution < 1.29 is 19.3 Å². The summed E-state index contributed by atoms with van der Waals surface area (Å²) >= 11 is 0. The van der Waals surface area contributed by atoms with E-state index in [-0.39, 0.29) is 21.7 Å². The Hall–Kier alpha value is -4.36. The van der Waals surface area contributed by atoms with E-state index in [0.29, 0.717) is 51.3 Å². The van der Waals surface area contributed by atoms with Gasteiger partial charge in [0.1, 0.15) is 23.0 Å². The lowest BCUT2D eigenvalue weighted by Crippen LogP contribution is -2.18. The average molecular weight is 968 g/mol. The lowest BCUT2D eigenvalue weighted by Gasteiger charge is -2.29. The molecule has 0 amide bonds. The van der Waals surface area contributed by atoms with E-state index in [4.69, 9.17) is 14.2 Å². The molecule has 1 aliphatic carbocycles. The van der Waals surface area contributed by atoms with Crippen LogP contribution in [0.25, 0.3) is 0 Å². The normalized spacial score (nSPS) is 13.2. The second-order valence-electron chi connectivity index (χ2n) is 25.1. The summed E-state index contributed by atoms with van der Waals surface area (Å²) in [5.41, 5.74) is 13.9. The fraction of sp³-hybridized carbons (Fsp3) is 0.612. The van der Waals surface area contributed by atoms with Crippen LogP contribution in [0.1, 0.15) is 273 Å². The summed E-state index contributed by atoms with van der Waals surface area (Å²) in [7, 11) is 0. The smallest absolute Gasteiger partial charge is 0.126 e. The molecule has 0 spiro atoms. The summed E-state index contributed by atoms with van der Waals surface area (Å²) in [6.07, 6.45) is 18.8. The number of unbranched alkanes of at least 4 members (excludes halogenated alkanes) is 10. The molecule has 0 aromatic heterocycles. The first-order valence-corrected chi connectivity index (χ1v) is 28.3. The van der Waals surface area contributed by atoms with Gasteiger partial charge < -0.3 is 19.3 Å². The molecule has 4 nitrogen and oxygen atoms in total. The van der Waals surface area contributed by atoms with E-state index in [1.165, 1.54) is 91.2 Å². The number of benzene rings is 4. The van der Waals surface area contributed by atoms with Gasteiger partial charge in [-0.15, -0.1) is 0 Å². The van der Waals surface area contributed by atoms with E-state index in [1.54, 1.807) is 0 Å². The summed E-state index contributed by atoms with van der Waals surface area (Å²) in [5, 5.41) is 13.1. The maximum Gasteiger partial charge on any atom is 0.126 e. The minimum atomic E-state index is -0.249. The van der Waals surface area contributed by atoms with Crippen LogP contribution in [0.15, 0.2) is 42.5 Å². The third-order valence-electron chi connectivity index (χ3n) is 14.3. The van der Waals surface area contributed by atoms with Gasteiger partial charge >= 0.3 is 0 Å². The minimum Gasteiger partial charge on any atom is -0.507 e.